The number of nitrogens with one attached hydrogen (secondary N) is 2. The Morgan fingerprint density at radius 1 is 1.52 bits per heavy atom. The average Bonchev–Trinajstić information content (AvgIpc) is 2.51. The van der Waals surface area contributed by atoms with E-state index < -0.39 is 0 Å². The van der Waals surface area contributed by atoms with Crippen molar-refractivity contribution < 1.29 is 9.53 Å². The molecule has 0 saturated carbocycles. The summed E-state index contributed by atoms with van der Waals surface area (Å²) in [6.07, 6.45) is 2.52. The van der Waals surface area contributed by atoms with Gasteiger partial charge in [0.05, 0.1) is 13.7 Å². The molecule has 0 aromatic heterocycles. The van der Waals surface area contributed by atoms with Crippen molar-refractivity contribution in [2.24, 2.45) is 10.7 Å². The van der Waals surface area contributed by atoms with Crippen LogP contribution in [-0.2, 0) is 11.3 Å². The van der Waals surface area contributed by atoms with E-state index in [4.69, 9.17) is 10.5 Å². The second-order valence-corrected chi connectivity index (χ2v) is 5.05. The van der Waals surface area contributed by atoms with Crippen molar-refractivity contribution in [3.63, 3.8) is 0 Å². The number of para-hydroxylation sites is 1. The zero-order chi connectivity index (χ0) is 15.1. The highest BCUT2D eigenvalue weighted by atomic mass is 16.5. The third-order valence-corrected chi connectivity index (χ3v) is 3.46. The third kappa shape index (κ3) is 4.66. The standard InChI is InChI=1S/C15H22N4O2/c1-21-13-7-3-2-5-11(13)9-17-15(16)18-10-12-6-4-8-14(20)19-12/h2-3,5,7,12H,4,6,8-10H2,1H3,(H,19,20)(H3,16,17,18). The lowest BCUT2D eigenvalue weighted by atomic mass is 10.0. The number of piperidine rings is 1. The number of hydrogen-bond donors (Lipinski definition) is 3. The van der Waals surface area contributed by atoms with Crippen LogP contribution in [0.3, 0.4) is 0 Å². The van der Waals surface area contributed by atoms with E-state index in [1.54, 1.807) is 7.11 Å². The molecule has 1 heterocycles. The van der Waals surface area contributed by atoms with Crippen molar-refractivity contribution in [3.8, 4) is 5.75 Å². The van der Waals surface area contributed by atoms with Gasteiger partial charge >= 0.3 is 0 Å². The van der Waals surface area contributed by atoms with E-state index in [9.17, 15) is 4.79 Å². The van der Waals surface area contributed by atoms with Crippen LogP contribution < -0.4 is 21.1 Å². The molecule has 1 atom stereocenters. The molecule has 6 heteroatoms. The van der Waals surface area contributed by atoms with Crippen LogP contribution in [0.4, 0.5) is 0 Å². The summed E-state index contributed by atoms with van der Waals surface area (Å²) >= 11 is 0. The molecule has 1 saturated heterocycles. The number of ether oxygens (including phenoxy) is 1. The first kappa shape index (κ1) is 15.2. The van der Waals surface area contributed by atoms with E-state index in [-0.39, 0.29) is 11.9 Å². The van der Waals surface area contributed by atoms with E-state index in [1.165, 1.54) is 0 Å². The van der Waals surface area contributed by atoms with E-state index in [2.05, 4.69) is 15.6 Å². The number of carbonyl (C=O) groups is 1. The molecule has 1 amide bonds. The smallest absolute Gasteiger partial charge is 0.220 e. The fraction of sp³-hybridized carbons (Fsp3) is 0.467. The largest absolute Gasteiger partial charge is 0.496 e. The number of carbonyl (C=O) groups excluding carboxylic acids is 1. The lowest BCUT2D eigenvalue weighted by molar-refractivity contribution is -0.123. The number of rotatable bonds is 5. The van der Waals surface area contributed by atoms with Crippen LogP contribution in [0, 0.1) is 0 Å². The first-order chi connectivity index (χ1) is 10.2. The zero-order valence-electron chi connectivity index (χ0n) is 12.3. The summed E-state index contributed by atoms with van der Waals surface area (Å²) in [4.78, 5) is 15.6. The summed E-state index contributed by atoms with van der Waals surface area (Å²) in [7, 11) is 1.63. The summed E-state index contributed by atoms with van der Waals surface area (Å²) in [5.41, 5.74) is 6.83. The topological polar surface area (TPSA) is 88.7 Å². The molecule has 114 valence electrons. The highest BCUT2D eigenvalue weighted by Crippen LogP contribution is 2.17. The van der Waals surface area contributed by atoms with Crippen molar-refractivity contribution in [1.82, 2.24) is 10.6 Å². The Morgan fingerprint density at radius 3 is 3.10 bits per heavy atom. The summed E-state index contributed by atoms with van der Waals surface area (Å²) in [5.74, 6) is 1.28. The van der Waals surface area contributed by atoms with Gasteiger partial charge < -0.3 is 21.1 Å². The van der Waals surface area contributed by atoms with Crippen molar-refractivity contribution in [2.45, 2.75) is 31.8 Å². The molecule has 1 aliphatic heterocycles. The number of benzene rings is 1. The summed E-state index contributed by atoms with van der Waals surface area (Å²) in [6.45, 7) is 1.06. The molecule has 1 fully saturated rings. The maximum absolute atomic E-state index is 11.3. The minimum atomic E-state index is 0.109. The second kappa shape index (κ2) is 7.52. The van der Waals surface area contributed by atoms with Gasteiger partial charge in [0.2, 0.25) is 5.91 Å². The molecule has 1 aromatic carbocycles. The monoisotopic (exact) mass is 290 g/mol. The first-order valence-corrected chi connectivity index (χ1v) is 7.14. The number of nitrogens with zero attached hydrogens (tertiary/aromatic N) is 1. The predicted molar refractivity (Wildman–Crippen MR) is 82.1 cm³/mol. The molecule has 2 rings (SSSR count). The fourth-order valence-corrected chi connectivity index (χ4v) is 2.32. The van der Waals surface area contributed by atoms with Crippen LogP contribution in [-0.4, -0.2) is 31.6 Å². The number of amides is 1. The lowest BCUT2D eigenvalue weighted by Crippen LogP contribution is -2.47. The van der Waals surface area contributed by atoms with Gasteiger partial charge in [-0.15, -0.1) is 0 Å². The van der Waals surface area contributed by atoms with Gasteiger partial charge in [0.1, 0.15) is 5.75 Å². The van der Waals surface area contributed by atoms with Crippen molar-refractivity contribution >= 4 is 11.9 Å². The molecule has 1 aromatic rings. The number of nitrogens with two attached hydrogens (primary N) is 1. The second-order valence-electron chi connectivity index (χ2n) is 5.05. The van der Waals surface area contributed by atoms with E-state index in [1.807, 2.05) is 24.3 Å². The quantitative estimate of drug-likeness (QED) is 0.552. The van der Waals surface area contributed by atoms with Gasteiger partial charge in [0.15, 0.2) is 5.96 Å². The minimum absolute atomic E-state index is 0.109. The molecule has 0 bridgehead atoms. The Morgan fingerprint density at radius 2 is 2.33 bits per heavy atom. The molecular formula is C15H22N4O2. The highest BCUT2D eigenvalue weighted by Gasteiger charge is 2.17. The molecule has 0 aliphatic carbocycles. The van der Waals surface area contributed by atoms with Crippen LogP contribution in [0.5, 0.6) is 5.75 Å². The van der Waals surface area contributed by atoms with Crippen molar-refractivity contribution in [2.75, 3.05) is 13.7 Å². The van der Waals surface area contributed by atoms with Gasteiger partial charge in [-0.3, -0.25) is 4.79 Å². The third-order valence-electron chi connectivity index (χ3n) is 3.46. The van der Waals surface area contributed by atoms with Crippen LogP contribution in [0.15, 0.2) is 29.3 Å². The molecule has 0 spiro atoms. The van der Waals surface area contributed by atoms with Gasteiger partial charge in [-0.25, -0.2) is 4.99 Å². The van der Waals surface area contributed by atoms with Gasteiger partial charge in [-0.05, 0) is 18.9 Å². The fourth-order valence-electron chi connectivity index (χ4n) is 2.32. The molecule has 0 radical (unpaired) electrons. The maximum Gasteiger partial charge on any atom is 0.220 e. The molecule has 6 nitrogen and oxygen atoms in total. The number of guanidine groups is 1. The molecule has 1 unspecified atom stereocenters. The summed E-state index contributed by atoms with van der Waals surface area (Å²) in [5, 5.41) is 5.98. The lowest BCUT2D eigenvalue weighted by Gasteiger charge is -2.23. The van der Waals surface area contributed by atoms with E-state index in [0.29, 0.717) is 25.5 Å². The maximum atomic E-state index is 11.3. The average molecular weight is 290 g/mol. The van der Waals surface area contributed by atoms with Crippen molar-refractivity contribution in [3.05, 3.63) is 29.8 Å². The van der Waals surface area contributed by atoms with Gasteiger partial charge in [0, 0.05) is 24.6 Å². The normalized spacial score (nSPS) is 19.0. The van der Waals surface area contributed by atoms with E-state index >= 15 is 0 Å². The van der Waals surface area contributed by atoms with Crippen LogP contribution >= 0.6 is 0 Å². The number of methoxy groups -OCH3 is 1. The molecule has 21 heavy (non-hydrogen) atoms. The Bertz CT molecular complexity index is 516. The van der Waals surface area contributed by atoms with Crippen LogP contribution in [0.1, 0.15) is 24.8 Å². The first-order valence-electron chi connectivity index (χ1n) is 7.14. The Balaban J connectivity index is 1.82. The predicted octanol–water partition coefficient (Wildman–Crippen LogP) is 0.768. The molecule has 4 N–H and O–H groups in total. The van der Waals surface area contributed by atoms with Gasteiger partial charge in [-0.2, -0.15) is 0 Å². The van der Waals surface area contributed by atoms with Crippen molar-refractivity contribution in [1.29, 1.82) is 0 Å². The molecule has 1 aliphatic rings. The number of aliphatic imine (C=N–C) groups is 1. The number of hydrogen-bond acceptors (Lipinski definition) is 3. The Labute approximate surface area is 124 Å². The minimum Gasteiger partial charge on any atom is -0.496 e. The highest BCUT2D eigenvalue weighted by molar-refractivity contribution is 5.79. The summed E-state index contributed by atoms with van der Waals surface area (Å²) in [6, 6.07) is 7.84. The molecular weight excluding hydrogens is 268 g/mol. The summed E-state index contributed by atoms with van der Waals surface area (Å²) < 4.78 is 5.27. The Hall–Kier alpha value is -2.24. The van der Waals surface area contributed by atoms with Gasteiger partial charge in [-0.1, -0.05) is 18.2 Å². The van der Waals surface area contributed by atoms with Crippen LogP contribution in [0.2, 0.25) is 0 Å². The van der Waals surface area contributed by atoms with E-state index in [0.717, 1.165) is 24.2 Å². The SMILES string of the molecule is COc1ccccc1CN=C(N)NCC1CCCC(=O)N1. The van der Waals surface area contributed by atoms with Crippen LogP contribution in [0.25, 0.3) is 0 Å². The van der Waals surface area contributed by atoms with Gasteiger partial charge in [0.25, 0.3) is 0 Å². The zero-order valence-corrected chi connectivity index (χ0v) is 12.3. The Kier molecular flexibility index (Phi) is 5.43.